The molecule has 1 amide bonds. The molecule has 0 aromatic heterocycles. The average Bonchev–Trinajstić information content (AvgIpc) is 2.74. The van der Waals surface area contributed by atoms with E-state index in [4.69, 9.17) is 15.2 Å². The van der Waals surface area contributed by atoms with Gasteiger partial charge in [0, 0.05) is 44.0 Å². The summed E-state index contributed by atoms with van der Waals surface area (Å²) in [6.07, 6.45) is 1.00. The van der Waals surface area contributed by atoms with Gasteiger partial charge in [0.2, 0.25) is 5.91 Å². The van der Waals surface area contributed by atoms with Gasteiger partial charge in [0.05, 0.1) is 6.61 Å². The fraction of sp³-hybridized carbons (Fsp3) is 0.409. The molecule has 2 N–H and O–H groups in total. The fourth-order valence-corrected chi connectivity index (χ4v) is 3.21. The zero-order valence-corrected chi connectivity index (χ0v) is 16.5. The van der Waals surface area contributed by atoms with E-state index in [1.54, 1.807) is 12.1 Å². The molecular formula is C22H29N3O3. The minimum Gasteiger partial charge on any atom is -0.494 e. The Morgan fingerprint density at radius 3 is 2.00 bits per heavy atom. The van der Waals surface area contributed by atoms with Gasteiger partial charge in [-0.2, -0.15) is 0 Å². The third-order valence-corrected chi connectivity index (χ3v) is 4.86. The minimum absolute atomic E-state index is 0.389. The largest absolute Gasteiger partial charge is 0.494 e. The van der Waals surface area contributed by atoms with E-state index in [1.807, 2.05) is 36.4 Å². The van der Waals surface area contributed by atoms with Crippen LogP contribution in [-0.4, -0.2) is 56.7 Å². The van der Waals surface area contributed by atoms with Crippen molar-refractivity contribution >= 4 is 11.6 Å². The van der Waals surface area contributed by atoms with Crippen LogP contribution in [-0.2, 0) is 0 Å². The van der Waals surface area contributed by atoms with Crippen LogP contribution in [0.1, 0.15) is 23.7 Å². The molecule has 3 rings (SSSR count). The highest BCUT2D eigenvalue weighted by Gasteiger charge is 2.17. The Balaban J connectivity index is 1.38. The number of hydrogen-bond donors (Lipinski definition) is 1. The number of rotatable bonds is 9. The molecule has 0 spiro atoms. The molecule has 6 heteroatoms. The third kappa shape index (κ3) is 5.63. The van der Waals surface area contributed by atoms with Crippen LogP contribution in [0.15, 0.2) is 48.5 Å². The van der Waals surface area contributed by atoms with E-state index in [9.17, 15) is 4.79 Å². The molecule has 0 atom stereocenters. The van der Waals surface area contributed by atoms with E-state index >= 15 is 0 Å². The molecule has 0 saturated carbocycles. The number of hydrogen-bond acceptors (Lipinski definition) is 5. The van der Waals surface area contributed by atoms with Crippen LogP contribution in [0.2, 0.25) is 0 Å². The number of benzene rings is 2. The van der Waals surface area contributed by atoms with Gasteiger partial charge < -0.3 is 20.1 Å². The molecule has 0 unspecified atom stereocenters. The first kappa shape index (κ1) is 20.0. The summed E-state index contributed by atoms with van der Waals surface area (Å²) < 4.78 is 11.4. The summed E-state index contributed by atoms with van der Waals surface area (Å²) in [5.41, 5.74) is 6.98. The Morgan fingerprint density at radius 2 is 1.46 bits per heavy atom. The van der Waals surface area contributed by atoms with Crippen molar-refractivity contribution in [3.63, 3.8) is 0 Å². The predicted octanol–water partition coefficient (Wildman–Crippen LogP) is 2.78. The number of amides is 1. The van der Waals surface area contributed by atoms with E-state index in [0.29, 0.717) is 12.2 Å². The zero-order chi connectivity index (χ0) is 19.8. The Labute approximate surface area is 166 Å². The maximum Gasteiger partial charge on any atom is 0.248 e. The van der Waals surface area contributed by atoms with Crippen molar-refractivity contribution in [2.45, 2.75) is 13.3 Å². The van der Waals surface area contributed by atoms with Crippen molar-refractivity contribution in [3.05, 3.63) is 54.1 Å². The van der Waals surface area contributed by atoms with E-state index in [-0.39, 0.29) is 5.91 Å². The Bertz CT molecular complexity index is 739. The summed E-state index contributed by atoms with van der Waals surface area (Å²) in [7, 11) is 0. The first-order valence-electron chi connectivity index (χ1n) is 9.88. The maximum absolute atomic E-state index is 11.2. The molecule has 1 heterocycles. The third-order valence-electron chi connectivity index (χ3n) is 4.86. The van der Waals surface area contributed by atoms with Gasteiger partial charge in [0.1, 0.15) is 18.1 Å². The van der Waals surface area contributed by atoms with E-state index in [1.165, 1.54) is 0 Å². The van der Waals surface area contributed by atoms with Crippen molar-refractivity contribution in [1.82, 2.24) is 4.90 Å². The molecule has 28 heavy (non-hydrogen) atoms. The van der Waals surface area contributed by atoms with Crippen molar-refractivity contribution in [2.75, 3.05) is 50.8 Å². The van der Waals surface area contributed by atoms with Crippen LogP contribution in [0.5, 0.6) is 11.5 Å². The lowest BCUT2D eigenvalue weighted by atomic mass is 10.1. The standard InChI is InChI=1S/C22H29N3O3/c1-2-16-27-20-7-9-21(10-8-20)28-17-15-24-11-13-25(14-12-24)19-5-3-18(4-6-19)22(23)26/h3-10H,2,11-17H2,1H3,(H2,23,26). The Hall–Kier alpha value is -2.73. The number of piperazine rings is 1. The zero-order valence-electron chi connectivity index (χ0n) is 16.5. The number of anilines is 1. The topological polar surface area (TPSA) is 68.0 Å². The monoisotopic (exact) mass is 383 g/mol. The van der Waals surface area contributed by atoms with E-state index in [2.05, 4.69) is 16.7 Å². The highest BCUT2D eigenvalue weighted by atomic mass is 16.5. The molecule has 6 nitrogen and oxygen atoms in total. The molecule has 0 aliphatic carbocycles. The summed E-state index contributed by atoms with van der Waals surface area (Å²) in [5.74, 6) is 1.37. The lowest BCUT2D eigenvalue weighted by molar-refractivity contribution is 0.100. The lowest BCUT2D eigenvalue weighted by Crippen LogP contribution is -2.47. The summed E-state index contributed by atoms with van der Waals surface area (Å²) in [4.78, 5) is 15.9. The number of carbonyl (C=O) groups is 1. The summed E-state index contributed by atoms with van der Waals surface area (Å²) in [5, 5.41) is 0. The SMILES string of the molecule is CCCOc1ccc(OCCN2CCN(c3ccc(C(N)=O)cc3)CC2)cc1. The first-order valence-corrected chi connectivity index (χ1v) is 9.88. The van der Waals surface area contributed by atoms with Crippen LogP contribution in [0.3, 0.4) is 0 Å². The van der Waals surface area contributed by atoms with Gasteiger partial charge in [0.25, 0.3) is 0 Å². The van der Waals surface area contributed by atoms with Crippen molar-refractivity contribution < 1.29 is 14.3 Å². The number of nitrogens with two attached hydrogens (primary N) is 1. The number of primary amides is 1. The van der Waals surface area contributed by atoms with Gasteiger partial charge in [-0.05, 0) is 55.0 Å². The van der Waals surface area contributed by atoms with Crippen LogP contribution in [0.25, 0.3) is 0 Å². The molecule has 0 radical (unpaired) electrons. The second-order valence-electron chi connectivity index (χ2n) is 6.91. The average molecular weight is 383 g/mol. The molecule has 2 aromatic rings. The molecule has 1 aliphatic rings. The van der Waals surface area contributed by atoms with Gasteiger partial charge in [0.15, 0.2) is 0 Å². The van der Waals surface area contributed by atoms with Crippen LogP contribution in [0, 0.1) is 0 Å². The Morgan fingerprint density at radius 1 is 0.893 bits per heavy atom. The summed E-state index contributed by atoms with van der Waals surface area (Å²) in [6, 6.07) is 15.3. The van der Waals surface area contributed by atoms with Gasteiger partial charge in [-0.1, -0.05) is 6.92 Å². The Kier molecular flexibility index (Phi) is 7.14. The number of carbonyl (C=O) groups excluding carboxylic acids is 1. The van der Waals surface area contributed by atoms with E-state index in [0.717, 1.165) is 62.9 Å². The number of nitrogens with zero attached hydrogens (tertiary/aromatic N) is 2. The maximum atomic E-state index is 11.2. The number of ether oxygens (including phenoxy) is 2. The van der Waals surface area contributed by atoms with Crippen molar-refractivity contribution in [3.8, 4) is 11.5 Å². The quantitative estimate of drug-likeness (QED) is 0.721. The second kappa shape index (κ2) is 9.99. The lowest BCUT2D eigenvalue weighted by Gasteiger charge is -2.36. The molecule has 2 aromatic carbocycles. The van der Waals surface area contributed by atoms with Crippen molar-refractivity contribution in [1.29, 1.82) is 0 Å². The smallest absolute Gasteiger partial charge is 0.248 e. The minimum atomic E-state index is -0.389. The predicted molar refractivity (Wildman–Crippen MR) is 111 cm³/mol. The van der Waals surface area contributed by atoms with Crippen LogP contribution < -0.4 is 20.1 Å². The summed E-state index contributed by atoms with van der Waals surface area (Å²) in [6.45, 7) is 8.30. The molecule has 1 fully saturated rings. The van der Waals surface area contributed by atoms with Crippen molar-refractivity contribution in [2.24, 2.45) is 5.73 Å². The van der Waals surface area contributed by atoms with Gasteiger partial charge in [-0.3, -0.25) is 9.69 Å². The molecule has 1 aliphatic heterocycles. The molecule has 0 bridgehead atoms. The van der Waals surface area contributed by atoms with Gasteiger partial charge in [-0.15, -0.1) is 0 Å². The van der Waals surface area contributed by atoms with Crippen LogP contribution in [0.4, 0.5) is 5.69 Å². The van der Waals surface area contributed by atoms with Gasteiger partial charge >= 0.3 is 0 Å². The van der Waals surface area contributed by atoms with Gasteiger partial charge in [-0.25, -0.2) is 0 Å². The summed E-state index contributed by atoms with van der Waals surface area (Å²) >= 11 is 0. The first-order chi connectivity index (χ1) is 13.7. The second-order valence-corrected chi connectivity index (χ2v) is 6.91. The van der Waals surface area contributed by atoms with Crippen LogP contribution >= 0.6 is 0 Å². The normalized spacial score (nSPS) is 14.7. The molecule has 1 saturated heterocycles. The fourth-order valence-electron chi connectivity index (χ4n) is 3.21. The highest BCUT2D eigenvalue weighted by molar-refractivity contribution is 5.93. The molecular weight excluding hydrogens is 354 g/mol. The molecule has 150 valence electrons. The van der Waals surface area contributed by atoms with E-state index < -0.39 is 0 Å². The highest BCUT2D eigenvalue weighted by Crippen LogP contribution is 2.19.